The highest BCUT2D eigenvalue weighted by atomic mass is 16.1. The summed E-state index contributed by atoms with van der Waals surface area (Å²) in [6, 6.07) is 0. The molecule has 0 bridgehead atoms. The number of nitrogens with one attached hydrogen (secondary N) is 2. The molecule has 0 aliphatic heterocycles. The van der Waals surface area contributed by atoms with Gasteiger partial charge in [0.2, 0.25) is 5.91 Å². The maximum absolute atomic E-state index is 11.3. The Balaban J connectivity index is 2.10. The molecule has 16 heavy (non-hydrogen) atoms. The van der Waals surface area contributed by atoms with Gasteiger partial charge in [0.15, 0.2) is 0 Å². The van der Waals surface area contributed by atoms with Crippen LogP contribution in [0.5, 0.6) is 0 Å². The molecule has 5 nitrogen and oxygen atoms in total. The van der Waals surface area contributed by atoms with Gasteiger partial charge in [-0.3, -0.25) is 9.48 Å². The third-order valence-electron chi connectivity index (χ3n) is 2.07. The van der Waals surface area contributed by atoms with Crippen molar-refractivity contribution in [3.63, 3.8) is 0 Å². The molecule has 0 unspecified atom stereocenters. The summed E-state index contributed by atoms with van der Waals surface area (Å²) in [6.45, 7) is 5.18. The second-order valence-corrected chi connectivity index (χ2v) is 3.54. The van der Waals surface area contributed by atoms with Crippen molar-refractivity contribution in [3.8, 4) is 0 Å². The van der Waals surface area contributed by atoms with Crippen LogP contribution >= 0.6 is 0 Å². The van der Waals surface area contributed by atoms with E-state index in [4.69, 9.17) is 0 Å². The van der Waals surface area contributed by atoms with Gasteiger partial charge in [-0.25, -0.2) is 0 Å². The second kappa shape index (κ2) is 6.79. The van der Waals surface area contributed by atoms with Crippen molar-refractivity contribution in [1.29, 1.82) is 0 Å². The highest BCUT2D eigenvalue weighted by Crippen LogP contribution is 1.95. The molecule has 2 N–H and O–H groups in total. The Morgan fingerprint density at radius 1 is 1.69 bits per heavy atom. The third-order valence-corrected chi connectivity index (χ3v) is 2.07. The van der Waals surface area contributed by atoms with Crippen LogP contribution < -0.4 is 10.6 Å². The maximum Gasteiger partial charge on any atom is 0.233 e. The van der Waals surface area contributed by atoms with Crippen LogP contribution in [0.25, 0.3) is 0 Å². The molecule has 1 aromatic rings. The third kappa shape index (κ3) is 4.75. The molecule has 0 aliphatic carbocycles. The number of hydrogen-bond acceptors (Lipinski definition) is 3. The molecule has 0 saturated carbocycles. The number of aromatic nitrogens is 2. The van der Waals surface area contributed by atoms with Gasteiger partial charge in [0.25, 0.3) is 0 Å². The van der Waals surface area contributed by atoms with Gasteiger partial charge in [-0.1, -0.05) is 6.08 Å². The van der Waals surface area contributed by atoms with E-state index in [-0.39, 0.29) is 5.91 Å². The highest BCUT2D eigenvalue weighted by molar-refractivity contribution is 5.77. The maximum atomic E-state index is 11.3. The molecule has 88 valence electrons. The lowest BCUT2D eigenvalue weighted by atomic mass is 10.2. The van der Waals surface area contributed by atoms with E-state index in [1.54, 1.807) is 10.8 Å². The zero-order valence-electron chi connectivity index (χ0n) is 9.57. The van der Waals surface area contributed by atoms with E-state index in [9.17, 15) is 4.79 Å². The van der Waals surface area contributed by atoms with Crippen molar-refractivity contribution >= 4 is 5.91 Å². The summed E-state index contributed by atoms with van der Waals surface area (Å²) < 4.78 is 1.75. The largest absolute Gasteiger partial charge is 0.355 e. The number of carbonyl (C=O) groups is 1. The zero-order chi connectivity index (χ0) is 11.8. The van der Waals surface area contributed by atoms with Crippen LogP contribution in [0.3, 0.4) is 0 Å². The van der Waals surface area contributed by atoms with Crippen molar-refractivity contribution in [2.75, 3.05) is 19.6 Å². The SMILES string of the molecule is C=CCNCC(=O)NCCc1cnn(C)c1. The Bertz CT molecular complexity index is 346. The number of hydrogen-bond donors (Lipinski definition) is 2. The van der Waals surface area contributed by atoms with Crippen LogP contribution in [-0.4, -0.2) is 35.3 Å². The van der Waals surface area contributed by atoms with Gasteiger partial charge >= 0.3 is 0 Å². The average molecular weight is 222 g/mol. The molecule has 0 saturated heterocycles. The molecule has 0 radical (unpaired) electrons. The summed E-state index contributed by atoms with van der Waals surface area (Å²) >= 11 is 0. The standard InChI is InChI=1S/C11H18N4O/c1-3-5-12-8-11(16)13-6-4-10-7-14-15(2)9-10/h3,7,9,12H,1,4-6,8H2,2H3,(H,13,16). The van der Waals surface area contributed by atoms with E-state index in [1.165, 1.54) is 0 Å². The number of aryl methyl sites for hydroxylation is 1. The number of nitrogens with zero attached hydrogens (tertiary/aromatic N) is 2. The Labute approximate surface area is 95.5 Å². The fourth-order valence-corrected chi connectivity index (χ4v) is 1.30. The molecular formula is C11H18N4O. The van der Waals surface area contributed by atoms with Gasteiger partial charge in [0.05, 0.1) is 12.7 Å². The van der Waals surface area contributed by atoms with Gasteiger partial charge in [-0.05, 0) is 12.0 Å². The molecule has 0 aromatic carbocycles. The van der Waals surface area contributed by atoms with Gasteiger partial charge in [-0.2, -0.15) is 5.10 Å². The lowest BCUT2D eigenvalue weighted by Gasteiger charge is -2.04. The van der Waals surface area contributed by atoms with Crippen LogP contribution in [0.15, 0.2) is 25.0 Å². The monoisotopic (exact) mass is 222 g/mol. The molecule has 0 fully saturated rings. The minimum Gasteiger partial charge on any atom is -0.355 e. The molecule has 1 rings (SSSR count). The molecule has 1 heterocycles. The summed E-state index contributed by atoms with van der Waals surface area (Å²) in [5.74, 6) is 0.00532. The van der Waals surface area contributed by atoms with E-state index in [2.05, 4.69) is 22.3 Å². The minimum absolute atomic E-state index is 0.00532. The summed E-state index contributed by atoms with van der Waals surface area (Å²) in [5, 5.41) is 9.82. The zero-order valence-corrected chi connectivity index (χ0v) is 9.57. The topological polar surface area (TPSA) is 59.0 Å². The normalized spacial score (nSPS) is 10.1. The summed E-state index contributed by atoms with van der Waals surface area (Å²) in [6.07, 6.45) is 6.29. The lowest BCUT2D eigenvalue weighted by Crippen LogP contribution is -2.34. The minimum atomic E-state index is 0.00532. The first-order chi connectivity index (χ1) is 7.72. The Morgan fingerprint density at radius 3 is 3.12 bits per heavy atom. The van der Waals surface area contributed by atoms with Gasteiger partial charge in [-0.15, -0.1) is 6.58 Å². The van der Waals surface area contributed by atoms with Crippen molar-refractivity contribution in [2.45, 2.75) is 6.42 Å². The quantitative estimate of drug-likeness (QED) is 0.498. The van der Waals surface area contributed by atoms with Gasteiger partial charge in [0, 0.05) is 26.3 Å². The van der Waals surface area contributed by atoms with Crippen LogP contribution in [0.4, 0.5) is 0 Å². The number of carbonyl (C=O) groups excluding carboxylic acids is 1. The first-order valence-corrected chi connectivity index (χ1v) is 5.28. The van der Waals surface area contributed by atoms with Gasteiger partial charge < -0.3 is 10.6 Å². The Morgan fingerprint density at radius 2 is 2.50 bits per heavy atom. The van der Waals surface area contributed by atoms with Crippen LogP contribution in [0.2, 0.25) is 0 Å². The van der Waals surface area contributed by atoms with Crippen LogP contribution in [0.1, 0.15) is 5.56 Å². The molecule has 5 heteroatoms. The van der Waals surface area contributed by atoms with E-state index in [0.29, 0.717) is 19.6 Å². The summed E-state index contributed by atoms with van der Waals surface area (Å²) in [7, 11) is 1.88. The number of rotatable bonds is 7. The van der Waals surface area contributed by atoms with E-state index < -0.39 is 0 Å². The van der Waals surface area contributed by atoms with Crippen molar-refractivity contribution in [3.05, 3.63) is 30.6 Å². The fourth-order valence-electron chi connectivity index (χ4n) is 1.30. The first kappa shape index (κ1) is 12.4. The second-order valence-electron chi connectivity index (χ2n) is 3.54. The highest BCUT2D eigenvalue weighted by Gasteiger charge is 2.00. The van der Waals surface area contributed by atoms with E-state index >= 15 is 0 Å². The summed E-state index contributed by atoms with van der Waals surface area (Å²) in [5.41, 5.74) is 1.13. The molecule has 0 atom stereocenters. The molecular weight excluding hydrogens is 204 g/mol. The Hall–Kier alpha value is -1.62. The lowest BCUT2D eigenvalue weighted by molar-refractivity contribution is -0.120. The molecule has 1 aromatic heterocycles. The van der Waals surface area contributed by atoms with Crippen LogP contribution in [0, 0.1) is 0 Å². The predicted octanol–water partition coefficient (Wildman–Crippen LogP) is -0.146. The van der Waals surface area contributed by atoms with Crippen LogP contribution in [-0.2, 0) is 18.3 Å². The van der Waals surface area contributed by atoms with E-state index in [1.807, 2.05) is 19.4 Å². The predicted molar refractivity (Wildman–Crippen MR) is 63.0 cm³/mol. The molecule has 1 amide bonds. The first-order valence-electron chi connectivity index (χ1n) is 5.28. The van der Waals surface area contributed by atoms with E-state index in [0.717, 1.165) is 12.0 Å². The molecule has 0 aliphatic rings. The fraction of sp³-hybridized carbons (Fsp3) is 0.455. The number of amides is 1. The molecule has 0 spiro atoms. The van der Waals surface area contributed by atoms with Crippen molar-refractivity contribution in [2.24, 2.45) is 7.05 Å². The van der Waals surface area contributed by atoms with Crippen molar-refractivity contribution in [1.82, 2.24) is 20.4 Å². The van der Waals surface area contributed by atoms with Gasteiger partial charge in [0.1, 0.15) is 0 Å². The Kier molecular flexibility index (Phi) is 5.28. The summed E-state index contributed by atoms with van der Waals surface area (Å²) in [4.78, 5) is 11.3. The average Bonchev–Trinajstić information content (AvgIpc) is 2.65. The smallest absolute Gasteiger partial charge is 0.233 e. The van der Waals surface area contributed by atoms with Crippen molar-refractivity contribution < 1.29 is 4.79 Å².